The van der Waals surface area contributed by atoms with Gasteiger partial charge in [0.1, 0.15) is 5.75 Å². The number of hydrogen-bond acceptors (Lipinski definition) is 2. The summed E-state index contributed by atoms with van der Waals surface area (Å²) >= 11 is 0. The molecule has 0 aliphatic carbocycles. The Morgan fingerprint density at radius 2 is 1.52 bits per heavy atom. The van der Waals surface area contributed by atoms with Crippen LogP contribution >= 0.6 is 0 Å². The van der Waals surface area contributed by atoms with Gasteiger partial charge in [0.05, 0.1) is 7.11 Å². The minimum atomic E-state index is -0.111. The molecule has 0 bridgehead atoms. The number of hydrogen-bond donors (Lipinski definition) is 1. The van der Waals surface area contributed by atoms with Crippen LogP contribution in [0.5, 0.6) is 5.75 Å². The molecule has 1 amide bonds. The van der Waals surface area contributed by atoms with E-state index in [2.05, 4.69) is 19.2 Å². The number of anilines is 1. The van der Waals surface area contributed by atoms with Crippen LogP contribution < -0.4 is 10.1 Å². The van der Waals surface area contributed by atoms with Crippen molar-refractivity contribution in [3.63, 3.8) is 0 Å². The van der Waals surface area contributed by atoms with E-state index >= 15 is 0 Å². The van der Waals surface area contributed by atoms with Crippen LogP contribution in [0.2, 0.25) is 0 Å². The van der Waals surface area contributed by atoms with Crippen LogP contribution in [0, 0.1) is 6.92 Å². The van der Waals surface area contributed by atoms with Gasteiger partial charge in [0.25, 0.3) is 5.91 Å². The van der Waals surface area contributed by atoms with E-state index in [1.165, 1.54) is 6.42 Å². The van der Waals surface area contributed by atoms with E-state index in [1.807, 2.05) is 55.5 Å². The fourth-order valence-corrected chi connectivity index (χ4v) is 1.58. The van der Waals surface area contributed by atoms with E-state index in [0.29, 0.717) is 5.56 Å². The van der Waals surface area contributed by atoms with Gasteiger partial charge in [0.2, 0.25) is 0 Å². The van der Waals surface area contributed by atoms with E-state index < -0.39 is 0 Å². The van der Waals surface area contributed by atoms with Gasteiger partial charge in [-0.3, -0.25) is 4.79 Å². The highest BCUT2D eigenvalue weighted by Gasteiger charge is 2.05. The third-order valence-electron chi connectivity index (χ3n) is 2.66. The lowest BCUT2D eigenvalue weighted by molar-refractivity contribution is 0.102. The fraction of sp³-hybridized carbons (Fsp3) is 0.278. The Morgan fingerprint density at radius 1 is 1.00 bits per heavy atom. The molecule has 0 saturated heterocycles. The molecule has 0 unspecified atom stereocenters. The van der Waals surface area contributed by atoms with Gasteiger partial charge < -0.3 is 10.1 Å². The van der Waals surface area contributed by atoms with Crippen LogP contribution in [0.4, 0.5) is 5.69 Å². The maximum Gasteiger partial charge on any atom is 0.255 e. The van der Waals surface area contributed by atoms with E-state index in [4.69, 9.17) is 4.74 Å². The van der Waals surface area contributed by atoms with Crippen LogP contribution in [0.25, 0.3) is 0 Å². The molecule has 0 aliphatic heterocycles. The zero-order chi connectivity index (χ0) is 15.7. The van der Waals surface area contributed by atoms with E-state index in [1.54, 1.807) is 7.11 Å². The number of rotatable bonds is 3. The minimum Gasteiger partial charge on any atom is -0.497 e. The van der Waals surface area contributed by atoms with Gasteiger partial charge in [0, 0.05) is 11.3 Å². The molecule has 3 heteroatoms. The SMILES string of the molecule is CCC.COc1ccc(NC(=O)c2ccc(C)cc2)cc1. The highest BCUT2D eigenvalue weighted by atomic mass is 16.5. The molecule has 3 nitrogen and oxygen atoms in total. The largest absolute Gasteiger partial charge is 0.497 e. The topological polar surface area (TPSA) is 38.3 Å². The number of amides is 1. The van der Waals surface area contributed by atoms with Crippen molar-refractivity contribution >= 4 is 11.6 Å². The number of carbonyl (C=O) groups is 1. The number of ether oxygens (including phenoxy) is 1. The number of aryl methyl sites for hydroxylation is 1. The molecule has 0 fully saturated rings. The molecular formula is C18H23NO2. The van der Waals surface area contributed by atoms with Crippen LogP contribution in [-0.2, 0) is 0 Å². The first-order chi connectivity index (χ1) is 10.1. The number of benzene rings is 2. The lowest BCUT2D eigenvalue weighted by Crippen LogP contribution is -2.11. The highest BCUT2D eigenvalue weighted by Crippen LogP contribution is 2.16. The molecule has 0 saturated carbocycles. The summed E-state index contributed by atoms with van der Waals surface area (Å²) in [7, 11) is 1.61. The molecule has 0 atom stereocenters. The van der Waals surface area contributed by atoms with Gasteiger partial charge in [-0.1, -0.05) is 38.0 Å². The Hall–Kier alpha value is -2.29. The molecule has 112 valence electrons. The fourth-order valence-electron chi connectivity index (χ4n) is 1.58. The van der Waals surface area contributed by atoms with Gasteiger partial charge >= 0.3 is 0 Å². The van der Waals surface area contributed by atoms with Gasteiger partial charge in [-0.2, -0.15) is 0 Å². The van der Waals surface area contributed by atoms with Crippen LogP contribution in [0.15, 0.2) is 48.5 Å². The molecule has 0 heterocycles. The Bertz CT molecular complexity index is 544. The first-order valence-electron chi connectivity index (χ1n) is 7.12. The third-order valence-corrected chi connectivity index (χ3v) is 2.66. The second-order valence-electron chi connectivity index (χ2n) is 4.76. The van der Waals surface area contributed by atoms with Crippen molar-refractivity contribution in [2.24, 2.45) is 0 Å². The Kier molecular flexibility index (Phi) is 7.02. The predicted octanol–water partition coefficient (Wildman–Crippen LogP) is 4.67. The molecule has 0 spiro atoms. The lowest BCUT2D eigenvalue weighted by Gasteiger charge is -2.06. The molecule has 1 N–H and O–H groups in total. The summed E-state index contributed by atoms with van der Waals surface area (Å²) in [6, 6.07) is 14.7. The quantitative estimate of drug-likeness (QED) is 0.889. The molecule has 2 aromatic carbocycles. The van der Waals surface area contributed by atoms with Gasteiger partial charge in [-0.25, -0.2) is 0 Å². The van der Waals surface area contributed by atoms with Crippen LogP contribution in [-0.4, -0.2) is 13.0 Å². The zero-order valence-corrected chi connectivity index (χ0v) is 13.1. The van der Waals surface area contributed by atoms with E-state index in [9.17, 15) is 4.79 Å². The molecule has 21 heavy (non-hydrogen) atoms. The van der Waals surface area contributed by atoms with Crippen LogP contribution in [0.3, 0.4) is 0 Å². The standard InChI is InChI=1S/C15H15NO2.C3H8/c1-11-3-5-12(6-4-11)15(17)16-13-7-9-14(18-2)10-8-13;1-3-2/h3-10H,1-2H3,(H,16,17);3H2,1-2H3. The van der Waals surface area contributed by atoms with Crippen molar-refractivity contribution in [2.45, 2.75) is 27.2 Å². The highest BCUT2D eigenvalue weighted by molar-refractivity contribution is 6.04. The Labute approximate surface area is 127 Å². The number of carbonyl (C=O) groups excluding carboxylic acids is 1. The normalized spacial score (nSPS) is 9.33. The maximum atomic E-state index is 11.9. The summed E-state index contributed by atoms with van der Waals surface area (Å²) in [5.41, 5.74) is 2.54. The van der Waals surface area contributed by atoms with Gasteiger partial charge in [0.15, 0.2) is 0 Å². The third kappa shape index (κ3) is 5.69. The molecule has 0 radical (unpaired) electrons. The van der Waals surface area contributed by atoms with Crippen LogP contribution in [0.1, 0.15) is 36.2 Å². The second-order valence-corrected chi connectivity index (χ2v) is 4.76. The maximum absolute atomic E-state index is 11.9. The Balaban J connectivity index is 0.000000677. The lowest BCUT2D eigenvalue weighted by atomic mass is 10.1. The van der Waals surface area contributed by atoms with E-state index in [-0.39, 0.29) is 5.91 Å². The van der Waals surface area contributed by atoms with Crippen molar-refractivity contribution < 1.29 is 9.53 Å². The Morgan fingerprint density at radius 3 is 2.00 bits per heavy atom. The summed E-state index contributed by atoms with van der Waals surface area (Å²) in [4.78, 5) is 11.9. The summed E-state index contributed by atoms with van der Waals surface area (Å²) in [6.07, 6.45) is 1.25. The summed E-state index contributed by atoms with van der Waals surface area (Å²) in [6.45, 7) is 6.24. The first kappa shape index (κ1) is 16.8. The molecule has 0 aliphatic rings. The zero-order valence-electron chi connectivity index (χ0n) is 13.1. The summed E-state index contributed by atoms with van der Waals surface area (Å²) < 4.78 is 5.06. The first-order valence-corrected chi connectivity index (χ1v) is 7.12. The van der Waals surface area contributed by atoms with Crippen molar-refractivity contribution in [1.82, 2.24) is 0 Å². The van der Waals surface area contributed by atoms with Crippen molar-refractivity contribution in [2.75, 3.05) is 12.4 Å². The monoisotopic (exact) mass is 285 g/mol. The average Bonchev–Trinajstić information content (AvgIpc) is 2.49. The van der Waals surface area contributed by atoms with Gasteiger partial charge in [-0.05, 0) is 43.3 Å². The number of nitrogens with one attached hydrogen (secondary N) is 1. The molecular weight excluding hydrogens is 262 g/mol. The molecule has 2 rings (SSSR count). The summed E-state index contributed by atoms with van der Waals surface area (Å²) in [5, 5.41) is 2.83. The van der Waals surface area contributed by atoms with Crippen molar-refractivity contribution in [3.05, 3.63) is 59.7 Å². The van der Waals surface area contributed by atoms with E-state index in [0.717, 1.165) is 17.0 Å². The molecule has 2 aromatic rings. The molecule has 0 aromatic heterocycles. The van der Waals surface area contributed by atoms with Crippen molar-refractivity contribution in [1.29, 1.82) is 0 Å². The van der Waals surface area contributed by atoms with Gasteiger partial charge in [-0.15, -0.1) is 0 Å². The summed E-state index contributed by atoms with van der Waals surface area (Å²) in [5.74, 6) is 0.656. The average molecular weight is 285 g/mol. The number of methoxy groups -OCH3 is 1. The van der Waals surface area contributed by atoms with Crippen molar-refractivity contribution in [3.8, 4) is 5.75 Å². The minimum absolute atomic E-state index is 0.111. The second kappa shape index (κ2) is 8.80. The smallest absolute Gasteiger partial charge is 0.255 e. The predicted molar refractivity (Wildman–Crippen MR) is 88.1 cm³/mol.